The van der Waals surface area contributed by atoms with Crippen LogP contribution in [0.25, 0.3) is 5.82 Å². The molecule has 3 aromatic rings. The summed E-state index contributed by atoms with van der Waals surface area (Å²) in [7, 11) is 0. The standard InChI is InChI=1S/C22H25N5O2/c1-16-14-19(17(2)27(16)20-7-3-4-8-23-20)22(28)25-15-18-6-5-9-24-21(18)26-10-12-29-13-11-26/h3-9,14H,10-13,15H2,1-2H3,(H,25,28). The molecule has 0 aromatic carbocycles. The van der Waals surface area contributed by atoms with Gasteiger partial charge in [0.1, 0.15) is 11.6 Å². The van der Waals surface area contributed by atoms with Gasteiger partial charge in [-0.1, -0.05) is 12.1 Å². The van der Waals surface area contributed by atoms with Gasteiger partial charge in [-0.2, -0.15) is 0 Å². The molecule has 1 fully saturated rings. The van der Waals surface area contributed by atoms with Crippen LogP contribution in [0.5, 0.6) is 0 Å². The quantitative estimate of drug-likeness (QED) is 0.724. The van der Waals surface area contributed by atoms with Crippen LogP contribution in [0.1, 0.15) is 27.3 Å². The number of hydrogen-bond acceptors (Lipinski definition) is 5. The first-order chi connectivity index (χ1) is 14.1. The fraction of sp³-hybridized carbons (Fsp3) is 0.318. The lowest BCUT2D eigenvalue weighted by Crippen LogP contribution is -2.37. The van der Waals surface area contributed by atoms with Gasteiger partial charge < -0.3 is 19.5 Å². The van der Waals surface area contributed by atoms with Crippen LogP contribution in [0.2, 0.25) is 0 Å². The van der Waals surface area contributed by atoms with E-state index in [1.807, 2.05) is 54.8 Å². The average Bonchev–Trinajstić information content (AvgIpc) is 3.07. The minimum atomic E-state index is -0.0999. The molecule has 0 aliphatic carbocycles. The van der Waals surface area contributed by atoms with Crippen LogP contribution in [-0.4, -0.2) is 46.7 Å². The van der Waals surface area contributed by atoms with E-state index in [0.717, 1.165) is 41.7 Å². The summed E-state index contributed by atoms with van der Waals surface area (Å²) in [5.74, 6) is 1.62. The number of nitrogens with zero attached hydrogens (tertiary/aromatic N) is 4. The second-order valence-corrected chi connectivity index (χ2v) is 7.08. The SMILES string of the molecule is Cc1cc(C(=O)NCc2cccnc2N2CCOCC2)c(C)n1-c1ccccn1. The average molecular weight is 391 g/mol. The number of aryl methyl sites for hydroxylation is 1. The Hall–Kier alpha value is -3.19. The van der Waals surface area contributed by atoms with Crippen molar-refractivity contribution in [2.75, 3.05) is 31.2 Å². The summed E-state index contributed by atoms with van der Waals surface area (Å²) < 4.78 is 7.43. The second-order valence-electron chi connectivity index (χ2n) is 7.08. The zero-order valence-corrected chi connectivity index (χ0v) is 16.8. The van der Waals surface area contributed by atoms with Crippen molar-refractivity contribution in [2.45, 2.75) is 20.4 Å². The van der Waals surface area contributed by atoms with Gasteiger partial charge in [0.2, 0.25) is 0 Å². The number of amides is 1. The number of ether oxygens (including phenoxy) is 1. The molecular weight excluding hydrogens is 366 g/mol. The first-order valence-electron chi connectivity index (χ1n) is 9.80. The normalized spacial score (nSPS) is 14.1. The maximum Gasteiger partial charge on any atom is 0.253 e. The number of rotatable bonds is 5. The molecule has 0 bridgehead atoms. The summed E-state index contributed by atoms with van der Waals surface area (Å²) >= 11 is 0. The van der Waals surface area contributed by atoms with Gasteiger partial charge in [-0.25, -0.2) is 9.97 Å². The fourth-order valence-corrected chi connectivity index (χ4v) is 3.73. The Morgan fingerprint density at radius 3 is 2.66 bits per heavy atom. The van der Waals surface area contributed by atoms with Crippen molar-refractivity contribution < 1.29 is 9.53 Å². The van der Waals surface area contributed by atoms with Crippen molar-refractivity contribution >= 4 is 11.7 Å². The van der Waals surface area contributed by atoms with E-state index in [9.17, 15) is 4.79 Å². The molecule has 7 nitrogen and oxygen atoms in total. The Morgan fingerprint density at radius 2 is 1.90 bits per heavy atom. The first-order valence-corrected chi connectivity index (χ1v) is 9.80. The van der Waals surface area contributed by atoms with E-state index in [1.165, 1.54) is 0 Å². The van der Waals surface area contributed by atoms with Crippen LogP contribution in [0.3, 0.4) is 0 Å². The Morgan fingerprint density at radius 1 is 1.10 bits per heavy atom. The van der Waals surface area contributed by atoms with Crippen molar-refractivity contribution in [1.82, 2.24) is 19.9 Å². The minimum absolute atomic E-state index is 0.0999. The van der Waals surface area contributed by atoms with Gasteiger partial charge in [-0.05, 0) is 38.1 Å². The third-order valence-corrected chi connectivity index (χ3v) is 5.17. The monoisotopic (exact) mass is 391 g/mol. The maximum atomic E-state index is 12.9. The van der Waals surface area contributed by atoms with Crippen LogP contribution < -0.4 is 10.2 Å². The van der Waals surface area contributed by atoms with Crippen molar-refractivity contribution in [3.05, 3.63) is 71.3 Å². The van der Waals surface area contributed by atoms with Gasteiger partial charge in [0, 0.05) is 49.0 Å². The van der Waals surface area contributed by atoms with Gasteiger partial charge in [-0.15, -0.1) is 0 Å². The Labute approximate surface area is 170 Å². The van der Waals surface area contributed by atoms with Crippen molar-refractivity contribution in [2.24, 2.45) is 0 Å². The molecule has 7 heteroatoms. The number of pyridine rings is 2. The molecule has 1 N–H and O–H groups in total. The van der Waals surface area contributed by atoms with Crippen molar-refractivity contribution in [3.63, 3.8) is 0 Å². The van der Waals surface area contributed by atoms with E-state index in [-0.39, 0.29) is 5.91 Å². The molecule has 3 aromatic heterocycles. The third kappa shape index (κ3) is 4.00. The summed E-state index contributed by atoms with van der Waals surface area (Å²) in [5, 5.41) is 3.06. The largest absolute Gasteiger partial charge is 0.378 e. The lowest BCUT2D eigenvalue weighted by Gasteiger charge is -2.29. The van der Waals surface area contributed by atoms with Crippen molar-refractivity contribution in [3.8, 4) is 5.82 Å². The number of carbonyl (C=O) groups excluding carboxylic acids is 1. The molecule has 0 radical (unpaired) electrons. The molecule has 150 valence electrons. The second kappa shape index (κ2) is 8.45. The predicted octanol–water partition coefficient (Wildman–Crippen LogP) is 2.65. The van der Waals surface area contributed by atoms with Gasteiger partial charge in [0.25, 0.3) is 5.91 Å². The Kier molecular flexibility index (Phi) is 5.57. The molecular formula is C22H25N5O2. The van der Waals surface area contributed by atoms with Crippen LogP contribution in [0, 0.1) is 13.8 Å². The van der Waals surface area contributed by atoms with E-state index in [4.69, 9.17) is 4.74 Å². The Bertz CT molecular complexity index is 994. The number of morpholine rings is 1. The smallest absolute Gasteiger partial charge is 0.253 e. The molecule has 1 amide bonds. The minimum Gasteiger partial charge on any atom is -0.378 e. The molecule has 0 spiro atoms. The number of anilines is 1. The van der Waals surface area contributed by atoms with E-state index in [0.29, 0.717) is 25.3 Å². The summed E-state index contributed by atoms with van der Waals surface area (Å²) in [6.07, 6.45) is 3.54. The van der Waals surface area contributed by atoms with Crippen molar-refractivity contribution in [1.29, 1.82) is 0 Å². The predicted molar refractivity (Wildman–Crippen MR) is 111 cm³/mol. The molecule has 1 aliphatic heterocycles. The van der Waals surface area contributed by atoms with E-state index < -0.39 is 0 Å². The fourth-order valence-electron chi connectivity index (χ4n) is 3.73. The van der Waals surface area contributed by atoms with Crippen LogP contribution in [0.15, 0.2) is 48.8 Å². The highest BCUT2D eigenvalue weighted by Gasteiger charge is 2.19. The summed E-state index contributed by atoms with van der Waals surface area (Å²) in [6, 6.07) is 11.6. The van der Waals surface area contributed by atoms with E-state index in [1.54, 1.807) is 12.4 Å². The molecule has 1 aliphatic rings. The van der Waals surface area contributed by atoms with Gasteiger partial charge in [0.15, 0.2) is 0 Å². The molecule has 4 rings (SSSR count). The van der Waals surface area contributed by atoms with Crippen LogP contribution in [-0.2, 0) is 11.3 Å². The number of nitrogens with one attached hydrogen (secondary N) is 1. The highest BCUT2D eigenvalue weighted by Crippen LogP contribution is 2.21. The molecule has 29 heavy (non-hydrogen) atoms. The molecule has 4 heterocycles. The van der Waals surface area contributed by atoms with E-state index in [2.05, 4.69) is 20.2 Å². The lowest BCUT2D eigenvalue weighted by atomic mass is 10.2. The van der Waals surface area contributed by atoms with Crippen LogP contribution in [0.4, 0.5) is 5.82 Å². The molecule has 0 saturated carbocycles. The summed E-state index contributed by atoms with van der Waals surface area (Å²) in [5.41, 5.74) is 3.51. The molecule has 0 unspecified atom stereocenters. The number of aromatic nitrogens is 3. The summed E-state index contributed by atoms with van der Waals surface area (Å²) in [6.45, 7) is 7.36. The van der Waals surface area contributed by atoms with Gasteiger partial charge in [-0.3, -0.25) is 4.79 Å². The zero-order valence-electron chi connectivity index (χ0n) is 16.8. The highest BCUT2D eigenvalue weighted by atomic mass is 16.5. The van der Waals surface area contributed by atoms with Gasteiger partial charge >= 0.3 is 0 Å². The Balaban J connectivity index is 1.52. The topological polar surface area (TPSA) is 72.3 Å². The number of carbonyl (C=O) groups is 1. The van der Waals surface area contributed by atoms with E-state index >= 15 is 0 Å². The molecule has 1 saturated heterocycles. The maximum absolute atomic E-state index is 12.9. The third-order valence-electron chi connectivity index (χ3n) is 5.17. The summed E-state index contributed by atoms with van der Waals surface area (Å²) in [4.78, 5) is 24.1. The van der Waals surface area contributed by atoms with Crippen LogP contribution >= 0.6 is 0 Å². The number of hydrogen-bond donors (Lipinski definition) is 1. The molecule has 0 atom stereocenters. The zero-order chi connectivity index (χ0) is 20.2. The highest BCUT2D eigenvalue weighted by molar-refractivity contribution is 5.95. The lowest BCUT2D eigenvalue weighted by molar-refractivity contribution is 0.0950. The first kappa shape index (κ1) is 19.1. The van der Waals surface area contributed by atoms with Gasteiger partial charge in [0.05, 0.1) is 18.8 Å².